The van der Waals surface area contributed by atoms with E-state index in [0.29, 0.717) is 5.54 Å². The number of piperidine rings is 2. The lowest BCUT2D eigenvalue weighted by molar-refractivity contribution is 0.0120. The molecular weight excluding hydrogens is 220 g/mol. The molecule has 1 atom stereocenters. The highest BCUT2D eigenvalue weighted by Gasteiger charge is 2.51. The minimum Gasteiger partial charge on any atom is -0.307 e. The van der Waals surface area contributed by atoms with Crippen molar-refractivity contribution in [3.05, 3.63) is 0 Å². The van der Waals surface area contributed by atoms with Crippen LogP contribution in [0.2, 0.25) is 0 Å². The van der Waals surface area contributed by atoms with Gasteiger partial charge in [-0.25, -0.2) is 0 Å². The Morgan fingerprint density at radius 3 is 1.67 bits per heavy atom. The van der Waals surface area contributed by atoms with Gasteiger partial charge in [-0.1, -0.05) is 6.92 Å². The predicted octanol–water partition coefficient (Wildman–Crippen LogP) is 3.46. The summed E-state index contributed by atoms with van der Waals surface area (Å²) in [6, 6.07) is 0. The standard InChI is InChI=1S/C16H32N2/c1-12-8-13(2,3)18-16(9-12)10-14(4,5)17-15(6,7)11-16/h12,17-18H,8-11H2,1-7H3. The molecule has 2 nitrogen and oxygen atoms in total. The summed E-state index contributed by atoms with van der Waals surface area (Å²) in [6.45, 7) is 16.6. The SMILES string of the molecule is CC1CC(C)(C)NC2(C1)CC(C)(C)NC(C)(C)C2. The van der Waals surface area contributed by atoms with Crippen molar-refractivity contribution < 1.29 is 0 Å². The molecule has 0 aromatic rings. The van der Waals surface area contributed by atoms with Gasteiger partial charge in [-0.3, -0.25) is 0 Å². The lowest BCUT2D eigenvalue weighted by Crippen LogP contribution is -2.71. The third-order valence-electron chi connectivity index (χ3n) is 4.44. The quantitative estimate of drug-likeness (QED) is 0.690. The topological polar surface area (TPSA) is 24.1 Å². The largest absolute Gasteiger partial charge is 0.307 e. The zero-order valence-corrected chi connectivity index (χ0v) is 13.4. The first kappa shape index (κ1) is 14.3. The van der Waals surface area contributed by atoms with Crippen LogP contribution in [0.15, 0.2) is 0 Å². The van der Waals surface area contributed by atoms with Gasteiger partial charge < -0.3 is 10.6 Å². The summed E-state index contributed by atoms with van der Waals surface area (Å²) in [6.07, 6.45) is 5.09. The highest BCUT2D eigenvalue weighted by Crippen LogP contribution is 2.44. The van der Waals surface area contributed by atoms with Crippen molar-refractivity contribution in [2.24, 2.45) is 5.92 Å². The van der Waals surface area contributed by atoms with E-state index in [1.807, 2.05) is 0 Å². The van der Waals surface area contributed by atoms with Crippen LogP contribution in [0, 0.1) is 5.92 Å². The monoisotopic (exact) mass is 252 g/mol. The molecule has 1 unspecified atom stereocenters. The Balaban J connectivity index is 2.29. The summed E-state index contributed by atoms with van der Waals surface area (Å²) in [4.78, 5) is 0. The first-order valence-electron chi connectivity index (χ1n) is 7.52. The van der Waals surface area contributed by atoms with Crippen LogP contribution in [0.25, 0.3) is 0 Å². The number of rotatable bonds is 0. The fourth-order valence-electron chi connectivity index (χ4n) is 5.42. The van der Waals surface area contributed by atoms with Crippen molar-refractivity contribution in [2.75, 3.05) is 0 Å². The Bertz CT molecular complexity index is 306. The molecule has 0 saturated carbocycles. The average molecular weight is 252 g/mol. The molecule has 2 N–H and O–H groups in total. The molecule has 2 fully saturated rings. The summed E-state index contributed by atoms with van der Waals surface area (Å²) < 4.78 is 0. The van der Waals surface area contributed by atoms with Crippen molar-refractivity contribution >= 4 is 0 Å². The Hall–Kier alpha value is -0.0800. The van der Waals surface area contributed by atoms with E-state index >= 15 is 0 Å². The zero-order chi connectivity index (χ0) is 13.8. The lowest BCUT2D eigenvalue weighted by atomic mass is 9.63. The second kappa shape index (κ2) is 3.96. The highest BCUT2D eigenvalue weighted by molar-refractivity contribution is 5.12. The van der Waals surface area contributed by atoms with Gasteiger partial charge in [0, 0.05) is 22.2 Å². The lowest BCUT2D eigenvalue weighted by Gasteiger charge is -2.59. The molecule has 2 aliphatic rings. The van der Waals surface area contributed by atoms with Gasteiger partial charge in [-0.15, -0.1) is 0 Å². The molecule has 0 amide bonds. The van der Waals surface area contributed by atoms with E-state index < -0.39 is 0 Å². The predicted molar refractivity (Wildman–Crippen MR) is 78.9 cm³/mol. The fraction of sp³-hybridized carbons (Fsp3) is 1.00. The summed E-state index contributed by atoms with van der Waals surface area (Å²) >= 11 is 0. The van der Waals surface area contributed by atoms with Gasteiger partial charge in [0.2, 0.25) is 0 Å². The Kier molecular flexibility index (Phi) is 3.15. The summed E-state index contributed by atoms with van der Waals surface area (Å²) in [5.41, 5.74) is 1.05. The molecule has 0 aliphatic carbocycles. The normalized spacial score (nSPS) is 36.5. The molecule has 1 spiro atoms. The van der Waals surface area contributed by atoms with Crippen molar-refractivity contribution in [1.29, 1.82) is 0 Å². The molecule has 2 rings (SSSR count). The summed E-state index contributed by atoms with van der Waals surface area (Å²) in [7, 11) is 0. The van der Waals surface area contributed by atoms with E-state index in [1.54, 1.807) is 0 Å². The van der Waals surface area contributed by atoms with Crippen LogP contribution in [0.5, 0.6) is 0 Å². The van der Waals surface area contributed by atoms with E-state index in [9.17, 15) is 0 Å². The van der Waals surface area contributed by atoms with E-state index in [-0.39, 0.29) is 16.6 Å². The maximum absolute atomic E-state index is 4.01. The van der Waals surface area contributed by atoms with Gasteiger partial charge in [-0.2, -0.15) is 0 Å². The smallest absolute Gasteiger partial charge is 0.0223 e. The molecule has 2 saturated heterocycles. The number of nitrogens with one attached hydrogen (secondary N) is 2. The Morgan fingerprint density at radius 2 is 1.22 bits per heavy atom. The number of hydrogen-bond donors (Lipinski definition) is 2. The van der Waals surface area contributed by atoms with Gasteiger partial charge in [-0.05, 0) is 73.1 Å². The van der Waals surface area contributed by atoms with Crippen LogP contribution in [0.1, 0.15) is 74.1 Å². The van der Waals surface area contributed by atoms with Crippen molar-refractivity contribution in [3.63, 3.8) is 0 Å². The minimum atomic E-state index is 0.224. The van der Waals surface area contributed by atoms with Crippen molar-refractivity contribution in [3.8, 4) is 0 Å². The van der Waals surface area contributed by atoms with Crippen LogP contribution in [0.3, 0.4) is 0 Å². The van der Waals surface area contributed by atoms with Gasteiger partial charge >= 0.3 is 0 Å². The van der Waals surface area contributed by atoms with E-state index in [4.69, 9.17) is 0 Å². The third kappa shape index (κ3) is 3.08. The maximum Gasteiger partial charge on any atom is 0.0223 e. The first-order valence-corrected chi connectivity index (χ1v) is 7.52. The molecular formula is C16H32N2. The summed E-state index contributed by atoms with van der Waals surface area (Å²) in [5.74, 6) is 0.825. The molecule has 0 aromatic heterocycles. The van der Waals surface area contributed by atoms with Crippen LogP contribution in [-0.2, 0) is 0 Å². The molecule has 0 bridgehead atoms. The van der Waals surface area contributed by atoms with Crippen LogP contribution < -0.4 is 10.6 Å². The first-order chi connectivity index (χ1) is 7.93. The molecule has 106 valence electrons. The second-order valence-electron chi connectivity index (χ2n) is 9.05. The second-order valence-corrected chi connectivity index (χ2v) is 9.05. The number of hydrogen-bond acceptors (Lipinski definition) is 2. The Morgan fingerprint density at radius 1 is 0.722 bits per heavy atom. The van der Waals surface area contributed by atoms with E-state index in [2.05, 4.69) is 59.1 Å². The van der Waals surface area contributed by atoms with Crippen LogP contribution in [-0.4, -0.2) is 22.2 Å². The zero-order valence-electron chi connectivity index (χ0n) is 13.4. The minimum absolute atomic E-state index is 0.224. The molecule has 2 heterocycles. The summed E-state index contributed by atoms with van der Waals surface area (Å²) in [5, 5.41) is 7.82. The maximum atomic E-state index is 4.01. The van der Waals surface area contributed by atoms with Crippen LogP contribution >= 0.6 is 0 Å². The molecule has 2 aliphatic heterocycles. The molecule has 18 heavy (non-hydrogen) atoms. The fourth-order valence-corrected chi connectivity index (χ4v) is 5.42. The van der Waals surface area contributed by atoms with E-state index in [1.165, 1.54) is 25.7 Å². The van der Waals surface area contributed by atoms with Gasteiger partial charge in [0.1, 0.15) is 0 Å². The van der Waals surface area contributed by atoms with E-state index in [0.717, 1.165) is 5.92 Å². The average Bonchev–Trinajstić information content (AvgIpc) is 1.87. The molecule has 0 aromatic carbocycles. The Labute approximate surface area is 113 Å². The van der Waals surface area contributed by atoms with Crippen molar-refractivity contribution in [2.45, 2.75) is 96.3 Å². The molecule has 2 heteroatoms. The van der Waals surface area contributed by atoms with Gasteiger partial charge in [0.25, 0.3) is 0 Å². The third-order valence-corrected chi connectivity index (χ3v) is 4.44. The molecule has 0 radical (unpaired) electrons. The van der Waals surface area contributed by atoms with Crippen molar-refractivity contribution in [1.82, 2.24) is 10.6 Å². The van der Waals surface area contributed by atoms with Gasteiger partial charge in [0.05, 0.1) is 0 Å². The van der Waals surface area contributed by atoms with Crippen LogP contribution in [0.4, 0.5) is 0 Å². The highest BCUT2D eigenvalue weighted by atomic mass is 15.1. The van der Waals surface area contributed by atoms with Gasteiger partial charge in [0.15, 0.2) is 0 Å².